The van der Waals surface area contributed by atoms with Crippen molar-refractivity contribution in [2.24, 2.45) is 5.41 Å². The third-order valence-electron chi connectivity index (χ3n) is 5.20. The van der Waals surface area contributed by atoms with Crippen LogP contribution in [0.3, 0.4) is 0 Å². The average Bonchev–Trinajstić information content (AvgIpc) is 2.67. The van der Waals surface area contributed by atoms with E-state index < -0.39 is 11.2 Å². The Hall–Kier alpha value is -2.14. The summed E-state index contributed by atoms with van der Waals surface area (Å²) < 4.78 is 6.47. The minimum absolute atomic E-state index is 0.148. The highest BCUT2D eigenvalue weighted by molar-refractivity contribution is 9.10. The minimum Gasteiger partial charge on any atom is -0.507 e. The predicted octanol–water partition coefficient (Wildman–Crippen LogP) is 5.54. The van der Waals surface area contributed by atoms with Crippen LogP contribution in [0.2, 0.25) is 0 Å². The van der Waals surface area contributed by atoms with Crippen molar-refractivity contribution in [1.82, 2.24) is 0 Å². The Morgan fingerprint density at radius 2 is 1.78 bits per heavy atom. The number of benzene rings is 1. The number of Topliss-reactive ketones (excluding diaryl/α,β-unsaturated/α-hetero) is 1. The largest absolute Gasteiger partial charge is 0.507 e. The van der Waals surface area contributed by atoms with Gasteiger partial charge >= 0.3 is 0 Å². The summed E-state index contributed by atoms with van der Waals surface area (Å²) in [6.07, 6.45) is 4.44. The van der Waals surface area contributed by atoms with Gasteiger partial charge < -0.3 is 9.84 Å². The molecule has 27 heavy (non-hydrogen) atoms. The van der Waals surface area contributed by atoms with Crippen LogP contribution in [0.1, 0.15) is 45.6 Å². The smallest absolute Gasteiger partial charge is 0.193 e. The van der Waals surface area contributed by atoms with Crippen LogP contribution in [0.15, 0.2) is 57.5 Å². The second kappa shape index (κ2) is 8.70. The molecule has 1 aliphatic rings. The Balaban J connectivity index is 2.52. The lowest BCUT2D eigenvalue weighted by atomic mass is 9.68. The molecular formula is C22H25BrO4. The molecule has 0 aliphatic heterocycles. The molecule has 0 saturated carbocycles. The van der Waals surface area contributed by atoms with Crippen LogP contribution in [0.5, 0.6) is 0 Å². The van der Waals surface area contributed by atoms with Crippen LogP contribution in [-0.2, 0) is 14.3 Å². The third-order valence-corrected chi connectivity index (χ3v) is 5.73. The molecule has 1 aromatic rings. The van der Waals surface area contributed by atoms with E-state index in [4.69, 9.17) is 4.74 Å². The van der Waals surface area contributed by atoms with Crippen LogP contribution in [0.25, 0.3) is 6.08 Å². The first kappa shape index (κ1) is 21.2. The van der Waals surface area contributed by atoms with Crippen molar-refractivity contribution in [2.45, 2.75) is 40.0 Å². The molecule has 0 unspecified atom stereocenters. The van der Waals surface area contributed by atoms with Gasteiger partial charge in [0.25, 0.3) is 0 Å². The van der Waals surface area contributed by atoms with Gasteiger partial charge in [-0.3, -0.25) is 9.59 Å². The first-order valence-electron chi connectivity index (χ1n) is 9.10. The Morgan fingerprint density at radius 3 is 2.26 bits per heavy atom. The molecule has 4 nitrogen and oxygen atoms in total. The summed E-state index contributed by atoms with van der Waals surface area (Å²) in [5, 5.41) is 10.7. The molecule has 0 atom stereocenters. The first-order valence-corrected chi connectivity index (χ1v) is 9.89. The number of allylic oxidation sites excluding steroid dienone is 4. The summed E-state index contributed by atoms with van der Waals surface area (Å²) in [6.45, 7) is 5.67. The second-order valence-electron chi connectivity index (χ2n) is 6.46. The monoisotopic (exact) mass is 432 g/mol. The lowest BCUT2D eigenvalue weighted by Crippen LogP contribution is -2.40. The maximum atomic E-state index is 13.3. The van der Waals surface area contributed by atoms with Crippen LogP contribution >= 0.6 is 15.9 Å². The third kappa shape index (κ3) is 3.79. The van der Waals surface area contributed by atoms with Crippen molar-refractivity contribution in [3.8, 4) is 0 Å². The van der Waals surface area contributed by atoms with E-state index in [0.29, 0.717) is 30.6 Å². The van der Waals surface area contributed by atoms with Crippen molar-refractivity contribution in [2.75, 3.05) is 7.11 Å². The van der Waals surface area contributed by atoms with Crippen molar-refractivity contribution >= 4 is 33.6 Å². The predicted molar refractivity (Wildman–Crippen MR) is 110 cm³/mol. The van der Waals surface area contributed by atoms with Gasteiger partial charge in [0.05, 0.1) is 12.5 Å². The van der Waals surface area contributed by atoms with Gasteiger partial charge in [0.2, 0.25) is 0 Å². The standard InChI is InChI=1S/C22H25BrO4/c1-5-16-19(25)18(20(26)22(6-2,7-3)21(16)27-4)17(24)13-10-14-8-11-15(23)12-9-14/h8-13,25H,5-7H2,1-4H3/b13-10+. The molecule has 0 heterocycles. The minimum atomic E-state index is -0.914. The van der Waals surface area contributed by atoms with Crippen molar-refractivity contribution in [3.63, 3.8) is 0 Å². The second-order valence-corrected chi connectivity index (χ2v) is 7.37. The van der Waals surface area contributed by atoms with Gasteiger partial charge in [-0.25, -0.2) is 0 Å². The normalized spacial score (nSPS) is 17.0. The van der Waals surface area contributed by atoms with Crippen LogP contribution in [0.4, 0.5) is 0 Å². The number of carbonyl (C=O) groups is 2. The molecule has 144 valence electrons. The lowest BCUT2D eigenvalue weighted by molar-refractivity contribution is -0.128. The van der Waals surface area contributed by atoms with Crippen LogP contribution in [-0.4, -0.2) is 23.8 Å². The first-order chi connectivity index (χ1) is 12.9. The lowest BCUT2D eigenvalue weighted by Gasteiger charge is -2.37. The molecule has 2 rings (SSSR count). The SMILES string of the molecule is CCC1=C(OC)C(CC)(CC)C(=O)C(C(=O)/C=C/c2ccc(Br)cc2)=C1O. The van der Waals surface area contributed by atoms with E-state index in [0.717, 1.165) is 10.0 Å². The van der Waals surface area contributed by atoms with E-state index in [2.05, 4.69) is 15.9 Å². The van der Waals surface area contributed by atoms with Gasteiger partial charge in [-0.1, -0.05) is 54.9 Å². The van der Waals surface area contributed by atoms with Gasteiger partial charge in [0, 0.05) is 10.0 Å². The van der Waals surface area contributed by atoms with E-state index in [1.54, 1.807) is 6.08 Å². The number of ketones is 2. The molecule has 0 radical (unpaired) electrons. The molecule has 0 spiro atoms. The molecule has 0 bridgehead atoms. The van der Waals surface area contributed by atoms with E-state index in [9.17, 15) is 14.7 Å². The fourth-order valence-corrected chi connectivity index (χ4v) is 3.86. The van der Waals surface area contributed by atoms with E-state index >= 15 is 0 Å². The zero-order chi connectivity index (χ0) is 20.2. The van der Waals surface area contributed by atoms with Crippen LogP contribution < -0.4 is 0 Å². The number of ether oxygens (including phenoxy) is 1. The number of hydrogen-bond donors (Lipinski definition) is 1. The fourth-order valence-electron chi connectivity index (χ4n) is 3.59. The number of aliphatic hydroxyl groups excluding tert-OH is 1. The number of halogens is 1. The van der Waals surface area contributed by atoms with E-state index in [1.165, 1.54) is 13.2 Å². The van der Waals surface area contributed by atoms with Crippen LogP contribution in [0, 0.1) is 5.41 Å². The highest BCUT2D eigenvalue weighted by atomic mass is 79.9. The number of rotatable bonds is 7. The Bertz CT molecular complexity index is 824. The summed E-state index contributed by atoms with van der Waals surface area (Å²) in [5.74, 6) is -0.648. The molecule has 0 aromatic heterocycles. The Kier molecular flexibility index (Phi) is 6.82. The zero-order valence-electron chi connectivity index (χ0n) is 16.1. The number of methoxy groups -OCH3 is 1. The molecule has 5 heteroatoms. The van der Waals surface area contributed by atoms with E-state index in [-0.39, 0.29) is 17.1 Å². The molecule has 1 aliphatic carbocycles. The summed E-state index contributed by atoms with van der Waals surface area (Å²) in [5.41, 5.74) is 0.296. The molecule has 0 fully saturated rings. The molecule has 0 saturated heterocycles. The van der Waals surface area contributed by atoms with Gasteiger partial charge in [-0.15, -0.1) is 0 Å². The topological polar surface area (TPSA) is 63.6 Å². The highest BCUT2D eigenvalue weighted by Gasteiger charge is 2.49. The van der Waals surface area contributed by atoms with E-state index in [1.807, 2.05) is 45.0 Å². The van der Waals surface area contributed by atoms with Gasteiger partial charge in [0.15, 0.2) is 11.6 Å². The van der Waals surface area contributed by atoms with Crippen molar-refractivity contribution < 1.29 is 19.4 Å². The maximum absolute atomic E-state index is 13.3. The Morgan fingerprint density at radius 1 is 1.19 bits per heavy atom. The van der Waals surface area contributed by atoms with Gasteiger partial charge in [-0.2, -0.15) is 0 Å². The summed E-state index contributed by atoms with van der Waals surface area (Å²) in [4.78, 5) is 26.1. The molecule has 1 N–H and O–H groups in total. The highest BCUT2D eigenvalue weighted by Crippen LogP contribution is 2.46. The average molecular weight is 433 g/mol. The zero-order valence-corrected chi connectivity index (χ0v) is 17.7. The quantitative estimate of drug-likeness (QED) is 0.453. The van der Waals surface area contributed by atoms with Crippen molar-refractivity contribution in [1.29, 1.82) is 0 Å². The number of hydrogen-bond acceptors (Lipinski definition) is 4. The van der Waals surface area contributed by atoms with Crippen molar-refractivity contribution in [3.05, 3.63) is 63.0 Å². The summed E-state index contributed by atoms with van der Waals surface area (Å²) >= 11 is 3.37. The molecule has 0 amide bonds. The summed E-state index contributed by atoms with van der Waals surface area (Å²) in [6, 6.07) is 7.45. The fraction of sp³-hybridized carbons (Fsp3) is 0.364. The number of carbonyl (C=O) groups excluding carboxylic acids is 2. The molecular weight excluding hydrogens is 408 g/mol. The van der Waals surface area contributed by atoms with Gasteiger partial charge in [-0.05, 0) is 43.0 Å². The maximum Gasteiger partial charge on any atom is 0.193 e. The number of aliphatic hydroxyl groups is 1. The Labute approximate surface area is 168 Å². The summed E-state index contributed by atoms with van der Waals surface area (Å²) in [7, 11) is 1.51. The van der Waals surface area contributed by atoms with Gasteiger partial charge in [0.1, 0.15) is 17.1 Å². The molecule has 1 aromatic carbocycles.